The van der Waals surface area contributed by atoms with Crippen LogP contribution in [0, 0.1) is 20.8 Å². The molecule has 1 heteroatoms. The molecule has 1 atom stereocenters. The molecule has 0 saturated carbocycles. The number of aryl methyl sites for hydroxylation is 4. The van der Waals surface area contributed by atoms with Crippen LogP contribution in [-0.4, -0.2) is 11.2 Å². The summed E-state index contributed by atoms with van der Waals surface area (Å²) in [6, 6.07) is 15.0. The van der Waals surface area contributed by atoms with E-state index in [1.165, 1.54) is 27.8 Å². The largest absolute Gasteiger partial charge is 0.393 e. The number of aliphatic hydroxyl groups is 1. The van der Waals surface area contributed by atoms with Crippen molar-refractivity contribution in [1.82, 2.24) is 0 Å². The Morgan fingerprint density at radius 1 is 0.900 bits per heavy atom. The summed E-state index contributed by atoms with van der Waals surface area (Å²) in [5, 5.41) is 10.2. The first-order valence-electron chi connectivity index (χ1n) is 7.34. The fourth-order valence-electron chi connectivity index (χ4n) is 2.51. The summed E-state index contributed by atoms with van der Waals surface area (Å²) in [5.41, 5.74) is 6.43. The Hall–Kier alpha value is -1.60. The van der Waals surface area contributed by atoms with Gasteiger partial charge >= 0.3 is 0 Å². The van der Waals surface area contributed by atoms with Gasteiger partial charge in [0.05, 0.1) is 6.10 Å². The minimum Gasteiger partial charge on any atom is -0.393 e. The summed E-state index contributed by atoms with van der Waals surface area (Å²) in [6.07, 6.45) is 2.23. The lowest BCUT2D eigenvalue weighted by Crippen LogP contribution is -2.12. The van der Waals surface area contributed by atoms with Gasteiger partial charge in [0.15, 0.2) is 0 Å². The van der Waals surface area contributed by atoms with E-state index < -0.39 is 0 Å². The smallest absolute Gasteiger partial charge is 0.0583 e. The van der Waals surface area contributed by atoms with Gasteiger partial charge in [-0.05, 0) is 62.3 Å². The van der Waals surface area contributed by atoms with Gasteiger partial charge in [-0.25, -0.2) is 0 Å². The van der Waals surface area contributed by atoms with Crippen LogP contribution in [0.15, 0.2) is 42.5 Å². The molecule has 0 fully saturated rings. The highest BCUT2D eigenvalue weighted by Crippen LogP contribution is 2.14. The first-order chi connectivity index (χ1) is 9.54. The number of aliphatic hydroxyl groups excluding tert-OH is 1. The third kappa shape index (κ3) is 4.21. The lowest BCUT2D eigenvalue weighted by Gasteiger charge is -2.12. The van der Waals surface area contributed by atoms with E-state index >= 15 is 0 Å². The van der Waals surface area contributed by atoms with E-state index in [4.69, 9.17) is 0 Å². The van der Waals surface area contributed by atoms with E-state index in [1.807, 2.05) is 0 Å². The zero-order valence-electron chi connectivity index (χ0n) is 12.7. The van der Waals surface area contributed by atoms with Crippen LogP contribution in [-0.2, 0) is 12.8 Å². The molecule has 20 heavy (non-hydrogen) atoms. The maximum Gasteiger partial charge on any atom is 0.0583 e. The van der Waals surface area contributed by atoms with Crippen LogP contribution in [0.3, 0.4) is 0 Å². The normalized spacial score (nSPS) is 12.4. The fraction of sp³-hybridized carbons (Fsp3) is 0.368. The second-order valence-electron chi connectivity index (χ2n) is 5.80. The summed E-state index contributed by atoms with van der Waals surface area (Å²) in [7, 11) is 0. The van der Waals surface area contributed by atoms with Gasteiger partial charge in [0.2, 0.25) is 0 Å². The molecule has 0 bridgehead atoms. The summed E-state index contributed by atoms with van der Waals surface area (Å²) in [4.78, 5) is 0. The SMILES string of the molecule is Cc1cccc(CCC(O)Cc2ccc(C)c(C)c2)c1. The van der Waals surface area contributed by atoms with Crippen molar-refractivity contribution in [1.29, 1.82) is 0 Å². The number of rotatable bonds is 5. The number of hydrogen-bond acceptors (Lipinski definition) is 1. The second kappa shape index (κ2) is 6.71. The maximum atomic E-state index is 10.2. The number of hydrogen-bond donors (Lipinski definition) is 1. The molecule has 0 saturated heterocycles. The Bertz CT molecular complexity index is 572. The Balaban J connectivity index is 1.89. The first kappa shape index (κ1) is 14.8. The molecule has 0 aliphatic rings. The summed E-state index contributed by atoms with van der Waals surface area (Å²) < 4.78 is 0. The third-order valence-electron chi connectivity index (χ3n) is 3.89. The van der Waals surface area contributed by atoms with Crippen LogP contribution < -0.4 is 0 Å². The van der Waals surface area contributed by atoms with Crippen LogP contribution in [0.1, 0.15) is 34.2 Å². The van der Waals surface area contributed by atoms with Crippen molar-refractivity contribution >= 4 is 0 Å². The van der Waals surface area contributed by atoms with E-state index in [1.54, 1.807) is 0 Å². The molecule has 1 N–H and O–H groups in total. The molecular weight excluding hydrogens is 244 g/mol. The quantitative estimate of drug-likeness (QED) is 0.863. The monoisotopic (exact) mass is 268 g/mol. The van der Waals surface area contributed by atoms with E-state index in [0.717, 1.165) is 19.3 Å². The van der Waals surface area contributed by atoms with E-state index in [2.05, 4.69) is 63.2 Å². The molecule has 0 aliphatic heterocycles. The minimum atomic E-state index is -0.266. The van der Waals surface area contributed by atoms with Gasteiger partial charge in [0, 0.05) is 0 Å². The number of benzene rings is 2. The Labute approximate surface area is 122 Å². The minimum absolute atomic E-state index is 0.266. The highest BCUT2D eigenvalue weighted by Gasteiger charge is 2.07. The third-order valence-corrected chi connectivity index (χ3v) is 3.89. The van der Waals surface area contributed by atoms with Crippen molar-refractivity contribution in [3.8, 4) is 0 Å². The molecule has 2 aromatic carbocycles. The Morgan fingerprint density at radius 3 is 2.40 bits per heavy atom. The van der Waals surface area contributed by atoms with Crippen molar-refractivity contribution < 1.29 is 5.11 Å². The van der Waals surface area contributed by atoms with Crippen molar-refractivity contribution in [2.24, 2.45) is 0 Å². The molecule has 0 heterocycles. The lowest BCUT2D eigenvalue weighted by atomic mass is 9.98. The van der Waals surface area contributed by atoms with E-state index in [9.17, 15) is 5.11 Å². The van der Waals surface area contributed by atoms with Gasteiger partial charge in [0.25, 0.3) is 0 Å². The van der Waals surface area contributed by atoms with E-state index in [0.29, 0.717) is 0 Å². The zero-order valence-corrected chi connectivity index (χ0v) is 12.7. The predicted octanol–water partition coefficient (Wildman–Crippen LogP) is 4.15. The van der Waals surface area contributed by atoms with Crippen LogP contribution >= 0.6 is 0 Å². The molecule has 0 amide bonds. The predicted molar refractivity (Wildman–Crippen MR) is 85.1 cm³/mol. The fourth-order valence-corrected chi connectivity index (χ4v) is 2.51. The molecule has 0 spiro atoms. The summed E-state index contributed by atoms with van der Waals surface area (Å²) in [5.74, 6) is 0. The Kier molecular flexibility index (Phi) is 4.97. The average Bonchev–Trinajstić information content (AvgIpc) is 2.41. The van der Waals surface area contributed by atoms with Crippen molar-refractivity contribution in [2.75, 3.05) is 0 Å². The molecule has 106 valence electrons. The van der Waals surface area contributed by atoms with Gasteiger partial charge in [-0.15, -0.1) is 0 Å². The van der Waals surface area contributed by atoms with Crippen molar-refractivity contribution in [3.05, 3.63) is 70.3 Å². The standard InChI is InChI=1S/C19H24O/c1-14-5-4-6-17(11-14)9-10-19(20)13-18-8-7-15(2)16(3)12-18/h4-8,11-12,19-20H,9-10,13H2,1-3H3. The van der Waals surface area contributed by atoms with Crippen LogP contribution in [0.5, 0.6) is 0 Å². The molecule has 2 aromatic rings. The summed E-state index contributed by atoms with van der Waals surface area (Å²) in [6.45, 7) is 6.35. The van der Waals surface area contributed by atoms with Gasteiger partial charge < -0.3 is 5.11 Å². The van der Waals surface area contributed by atoms with Crippen LogP contribution in [0.4, 0.5) is 0 Å². The maximum absolute atomic E-state index is 10.2. The topological polar surface area (TPSA) is 20.2 Å². The summed E-state index contributed by atoms with van der Waals surface area (Å²) >= 11 is 0. The second-order valence-corrected chi connectivity index (χ2v) is 5.80. The van der Waals surface area contributed by atoms with Crippen molar-refractivity contribution in [3.63, 3.8) is 0 Å². The molecule has 2 rings (SSSR count). The lowest BCUT2D eigenvalue weighted by molar-refractivity contribution is 0.165. The molecule has 1 unspecified atom stereocenters. The molecule has 0 aromatic heterocycles. The molecule has 0 aliphatic carbocycles. The highest BCUT2D eigenvalue weighted by molar-refractivity contribution is 5.30. The molecular formula is C19H24O. The van der Waals surface area contributed by atoms with Crippen molar-refractivity contribution in [2.45, 2.75) is 46.1 Å². The van der Waals surface area contributed by atoms with Gasteiger partial charge in [-0.1, -0.05) is 48.0 Å². The molecule has 1 nitrogen and oxygen atoms in total. The zero-order chi connectivity index (χ0) is 14.5. The van der Waals surface area contributed by atoms with Gasteiger partial charge in [0.1, 0.15) is 0 Å². The van der Waals surface area contributed by atoms with E-state index in [-0.39, 0.29) is 6.10 Å². The average molecular weight is 268 g/mol. The first-order valence-corrected chi connectivity index (χ1v) is 7.34. The molecule has 0 radical (unpaired) electrons. The van der Waals surface area contributed by atoms with Gasteiger partial charge in [-0.2, -0.15) is 0 Å². The Morgan fingerprint density at radius 2 is 1.70 bits per heavy atom. The highest BCUT2D eigenvalue weighted by atomic mass is 16.3. The van der Waals surface area contributed by atoms with Crippen LogP contribution in [0.25, 0.3) is 0 Å². The van der Waals surface area contributed by atoms with Crippen LogP contribution in [0.2, 0.25) is 0 Å². The van der Waals surface area contributed by atoms with Gasteiger partial charge in [-0.3, -0.25) is 0 Å².